The van der Waals surface area contributed by atoms with Crippen LogP contribution >= 0.6 is 0 Å². The maximum Gasteiger partial charge on any atom is 0.231 e. The number of rotatable bonds is 9. The minimum atomic E-state index is -0.192. The molecule has 0 radical (unpaired) electrons. The summed E-state index contributed by atoms with van der Waals surface area (Å²) < 4.78 is 6.73. The number of hydrogen-bond acceptors (Lipinski definition) is 6. The molecule has 8 nitrogen and oxygen atoms in total. The zero-order valence-corrected chi connectivity index (χ0v) is 14.4. The summed E-state index contributed by atoms with van der Waals surface area (Å²) in [4.78, 5) is 12.0. The molecule has 8 heteroatoms. The van der Waals surface area contributed by atoms with E-state index in [0.717, 1.165) is 6.42 Å². The van der Waals surface area contributed by atoms with Gasteiger partial charge in [0.25, 0.3) is 0 Å². The molecule has 2 unspecified atom stereocenters. The molecule has 24 heavy (non-hydrogen) atoms. The van der Waals surface area contributed by atoms with Crippen LogP contribution in [0.15, 0.2) is 12.1 Å². The second-order valence-electron chi connectivity index (χ2n) is 5.86. The average Bonchev–Trinajstić information content (AvgIpc) is 3.01. The molecule has 2 aromatic rings. The number of carbonyl (C=O) groups excluding carboxylic acids is 1. The van der Waals surface area contributed by atoms with Gasteiger partial charge >= 0.3 is 0 Å². The minimum Gasteiger partial charge on any atom is -0.480 e. The fourth-order valence-electron chi connectivity index (χ4n) is 2.42. The zero-order chi connectivity index (χ0) is 17.5. The van der Waals surface area contributed by atoms with E-state index in [0.29, 0.717) is 36.6 Å². The second kappa shape index (κ2) is 8.58. The Morgan fingerprint density at radius 2 is 2.21 bits per heavy atom. The molecule has 0 aliphatic rings. The molecule has 0 aliphatic carbocycles. The van der Waals surface area contributed by atoms with Gasteiger partial charge in [0, 0.05) is 18.9 Å². The summed E-state index contributed by atoms with van der Waals surface area (Å²) in [5.74, 6) is 1.36. The van der Waals surface area contributed by atoms with Crippen molar-refractivity contribution in [2.75, 3.05) is 13.7 Å². The van der Waals surface area contributed by atoms with Crippen molar-refractivity contribution in [1.82, 2.24) is 25.1 Å². The molecule has 2 N–H and O–H groups in total. The number of hydrogen-bond donors (Lipinski definition) is 2. The molecule has 0 aliphatic heterocycles. The Morgan fingerprint density at radius 1 is 1.42 bits per heavy atom. The Labute approximate surface area is 141 Å². The van der Waals surface area contributed by atoms with E-state index < -0.39 is 0 Å². The van der Waals surface area contributed by atoms with Gasteiger partial charge in [-0.15, -0.1) is 15.3 Å². The Balaban J connectivity index is 1.89. The lowest BCUT2D eigenvalue weighted by atomic mass is 10.00. The van der Waals surface area contributed by atoms with E-state index in [9.17, 15) is 9.90 Å². The molecule has 0 bridgehead atoms. The highest BCUT2D eigenvalue weighted by Gasteiger charge is 2.17. The molecule has 0 saturated carbocycles. The molecule has 132 valence electrons. The van der Waals surface area contributed by atoms with Crippen LogP contribution in [-0.2, 0) is 11.2 Å². The Kier molecular flexibility index (Phi) is 6.48. The Morgan fingerprint density at radius 3 is 2.88 bits per heavy atom. The van der Waals surface area contributed by atoms with Crippen LogP contribution in [0.3, 0.4) is 0 Å². The lowest BCUT2D eigenvalue weighted by molar-refractivity contribution is -0.122. The standard InChI is InChI=1S/C16H25N5O3/c1-4-11(2)12(10-22)17-15(23)7-5-6-13-18-19-14-8-9-16(24-3)20-21(13)14/h8-9,11-12,22H,4-7,10H2,1-3H3,(H,17,23). The molecule has 2 rings (SSSR count). The summed E-state index contributed by atoms with van der Waals surface area (Å²) in [6.07, 6.45) is 2.49. The van der Waals surface area contributed by atoms with Crippen LogP contribution < -0.4 is 10.1 Å². The van der Waals surface area contributed by atoms with Crippen LogP contribution in [0.2, 0.25) is 0 Å². The first-order valence-electron chi connectivity index (χ1n) is 8.24. The molecule has 2 atom stereocenters. The van der Waals surface area contributed by atoms with Gasteiger partial charge in [-0.1, -0.05) is 20.3 Å². The highest BCUT2D eigenvalue weighted by Crippen LogP contribution is 2.11. The minimum absolute atomic E-state index is 0.0424. The Bertz CT molecular complexity index is 673. The highest BCUT2D eigenvalue weighted by atomic mass is 16.5. The quantitative estimate of drug-likeness (QED) is 0.708. The molecule has 0 saturated heterocycles. The monoisotopic (exact) mass is 335 g/mol. The number of ether oxygens (including phenoxy) is 1. The number of aliphatic hydroxyl groups is 1. The predicted molar refractivity (Wildman–Crippen MR) is 88.7 cm³/mol. The lowest BCUT2D eigenvalue weighted by Crippen LogP contribution is -2.41. The van der Waals surface area contributed by atoms with E-state index in [1.165, 1.54) is 0 Å². The summed E-state index contributed by atoms with van der Waals surface area (Å²) in [5.41, 5.74) is 0.646. The Hall–Kier alpha value is -2.22. The molecule has 0 spiro atoms. The molecule has 2 heterocycles. The fraction of sp³-hybridized carbons (Fsp3) is 0.625. The molecule has 0 fully saturated rings. The van der Waals surface area contributed by atoms with Crippen LogP contribution in [0.1, 0.15) is 38.9 Å². The van der Waals surface area contributed by atoms with E-state index in [2.05, 4.69) is 20.6 Å². The molecular weight excluding hydrogens is 310 g/mol. The maximum atomic E-state index is 12.0. The summed E-state index contributed by atoms with van der Waals surface area (Å²) in [6.45, 7) is 4.01. The van der Waals surface area contributed by atoms with E-state index >= 15 is 0 Å². The lowest BCUT2D eigenvalue weighted by Gasteiger charge is -2.22. The zero-order valence-electron chi connectivity index (χ0n) is 14.4. The summed E-state index contributed by atoms with van der Waals surface area (Å²) in [6, 6.07) is 3.32. The SMILES string of the molecule is CCC(C)C(CO)NC(=O)CCCc1nnc2ccc(OC)nn12. The van der Waals surface area contributed by atoms with Crippen molar-refractivity contribution in [1.29, 1.82) is 0 Å². The topological polar surface area (TPSA) is 102 Å². The van der Waals surface area contributed by atoms with Gasteiger partial charge in [-0.3, -0.25) is 4.79 Å². The third-order valence-electron chi connectivity index (χ3n) is 4.19. The van der Waals surface area contributed by atoms with E-state index in [1.54, 1.807) is 23.8 Å². The van der Waals surface area contributed by atoms with Gasteiger partial charge in [0.05, 0.1) is 19.8 Å². The smallest absolute Gasteiger partial charge is 0.231 e. The number of aromatic nitrogens is 4. The molecule has 1 amide bonds. The van der Waals surface area contributed by atoms with Gasteiger partial charge < -0.3 is 15.2 Å². The van der Waals surface area contributed by atoms with Gasteiger partial charge in [-0.2, -0.15) is 4.52 Å². The van der Waals surface area contributed by atoms with Crippen molar-refractivity contribution >= 4 is 11.6 Å². The van der Waals surface area contributed by atoms with Gasteiger partial charge in [-0.05, 0) is 18.4 Å². The van der Waals surface area contributed by atoms with Crippen molar-refractivity contribution < 1.29 is 14.6 Å². The van der Waals surface area contributed by atoms with E-state index in [1.807, 2.05) is 13.8 Å². The highest BCUT2D eigenvalue weighted by molar-refractivity contribution is 5.76. The number of aryl methyl sites for hydroxylation is 1. The van der Waals surface area contributed by atoms with Crippen molar-refractivity contribution in [3.63, 3.8) is 0 Å². The number of aliphatic hydroxyl groups excluding tert-OH is 1. The summed E-state index contributed by atoms with van der Waals surface area (Å²) >= 11 is 0. The molecular formula is C16H25N5O3. The number of nitrogens with zero attached hydrogens (tertiary/aromatic N) is 4. The number of amides is 1. The van der Waals surface area contributed by atoms with Crippen LogP contribution in [0.25, 0.3) is 5.65 Å². The summed E-state index contributed by atoms with van der Waals surface area (Å²) in [7, 11) is 1.55. The predicted octanol–water partition coefficient (Wildman–Crippen LogP) is 0.979. The molecule has 2 aromatic heterocycles. The second-order valence-corrected chi connectivity index (χ2v) is 5.86. The van der Waals surface area contributed by atoms with Gasteiger partial charge in [-0.25, -0.2) is 0 Å². The first kappa shape index (κ1) is 18.1. The number of methoxy groups -OCH3 is 1. The maximum absolute atomic E-state index is 12.0. The van der Waals surface area contributed by atoms with Crippen molar-refractivity contribution in [2.45, 2.75) is 45.6 Å². The first-order chi connectivity index (χ1) is 11.6. The average molecular weight is 335 g/mol. The van der Waals surface area contributed by atoms with Crippen LogP contribution in [0.4, 0.5) is 0 Å². The van der Waals surface area contributed by atoms with Crippen molar-refractivity contribution in [2.24, 2.45) is 5.92 Å². The third kappa shape index (κ3) is 4.41. The van der Waals surface area contributed by atoms with Gasteiger partial charge in [0.2, 0.25) is 11.8 Å². The van der Waals surface area contributed by atoms with Crippen molar-refractivity contribution in [3.8, 4) is 5.88 Å². The normalized spacial score (nSPS) is 13.7. The largest absolute Gasteiger partial charge is 0.480 e. The van der Waals surface area contributed by atoms with Gasteiger partial charge in [0.1, 0.15) is 0 Å². The number of nitrogens with one attached hydrogen (secondary N) is 1. The van der Waals surface area contributed by atoms with Crippen LogP contribution in [-0.4, -0.2) is 50.6 Å². The molecule has 0 aromatic carbocycles. The third-order valence-corrected chi connectivity index (χ3v) is 4.19. The first-order valence-corrected chi connectivity index (χ1v) is 8.24. The fourth-order valence-corrected chi connectivity index (χ4v) is 2.42. The summed E-state index contributed by atoms with van der Waals surface area (Å²) in [5, 5.41) is 24.7. The van der Waals surface area contributed by atoms with Crippen LogP contribution in [0.5, 0.6) is 5.88 Å². The van der Waals surface area contributed by atoms with Gasteiger partial charge in [0.15, 0.2) is 11.5 Å². The van der Waals surface area contributed by atoms with E-state index in [4.69, 9.17) is 4.74 Å². The number of fused-ring (bicyclic) bond motifs is 1. The van der Waals surface area contributed by atoms with Crippen molar-refractivity contribution in [3.05, 3.63) is 18.0 Å². The van der Waals surface area contributed by atoms with Crippen LogP contribution in [0, 0.1) is 5.92 Å². The number of carbonyl (C=O) groups is 1. The van der Waals surface area contributed by atoms with E-state index in [-0.39, 0.29) is 24.5 Å².